The maximum atomic E-state index is 12.4. The molecule has 2 heterocycles. The Hall–Kier alpha value is -3.74. The Morgan fingerprint density at radius 2 is 1.90 bits per heavy atom. The quantitative estimate of drug-likeness (QED) is 0.517. The Labute approximate surface area is 173 Å². The molecule has 7 nitrogen and oxygen atoms in total. The molecule has 0 fully saturated rings. The molecular formula is C23H22N4O3. The van der Waals surface area contributed by atoms with Gasteiger partial charge in [-0.25, -0.2) is 9.78 Å². The third-order valence-corrected chi connectivity index (χ3v) is 5.10. The number of nitrogens with zero attached hydrogens (tertiary/aromatic N) is 3. The SMILES string of the molecule is Cc1nn(C)c2ncc(C(=O)OCC(=O)NC(C)c3cccc4ccccc34)cc12. The highest BCUT2D eigenvalue weighted by Crippen LogP contribution is 2.24. The zero-order valence-electron chi connectivity index (χ0n) is 17.0. The first-order valence-corrected chi connectivity index (χ1v) is 9.67. The van der Waals surface area contributed by atoms with Crippen LogP contribution >= 0.6 is 0 Å². The minimum Gasteiger partial charge on any atom is -0.452 e. The molecule has 1 unspecified atom stereocenters. The summed E-state index contributed by atoms with van der Waals surface area (Å²) < 4.78 is 6.85. The molecule has 0 bridgehead atoms. The lowest BCUT2D eigenvalue weighted by Gasteiger charge is -2.16. The molecule has 0 aliphatic carbocycles. The zero-order valence-corrected chi connectivity index (χ0v) is 17.0. The fourth-order valence-electron chi connectivity index (χ4n) is 3.62. The summed E-state index contributed by atoms with van der Waals surface area (Å²) in [5.41, 5.74) is 2.75. The first kappa shape index (κ1) is 19.6. The highest BCUT2D eigenvalue weighted by molar-refractivity contribution is 5.95. The molecule has 4 rings (SSSR count). The van der Waals surface area contributed by atoms with Crippen LogP contribution < -0.4 is 5.32 Å². The van der Waals surface area contributed by atoms with Gasteiger partial charge in [0.25, 0.3) is 5.91 Å². The predicted octanol–water partition coefficient (Wildman–Crippen LogP) is 3.46. The fourth-order valence-corrected chi connectivity index (χ4v) is 3.62. The smallest absolute Gasteiger partial charge is 0.340 e. The Balaban J connectivity index is 1.41. The molecule has 2 aromatic heterocycles. The lowest BCUT2D eigenvalue weighted by molar-refractivity contribution is -0.124. The van der Waals surface area contributed by atoms with E-state index in [1.165, 1.54) is 6.20 Å². The maximum absolute atomic E-state index is 12.4. The van der Waals surface area contributed by atoms with E-state index in [4.69, 9.17) is 4.74 Å². The van der Waals surface area contributed by atoms with Gasteiger partial charge in [-0.1, -0.05) is 42.5 Å². The second-order valence-electron chi connectivity index (χ2n) is 7.24. The van der Waals surface area contributed by atoms with Gasteiger partial charge >= 0.3 is 5.97 Å². The number of aromatic nitrogens is 3. The van der Waals surface area contributed by atoms with E-state index < -0.39 is 5.97 Å². The molecule has 1 atom stereocenters. The molecular weight excluding hydrogens is 380 g/mol. The van der Waals surface area contributed by atoms with Crippen LogP contribution in [0.5, 0.6) is 0 Å². The zero-order chi connectivity index (χ0) is 21.3. The van der Waals surface area contributed by atoms with Crippen molar-refractivity contribution in [1.82, 2.24) is 20.1 Å². The number of esters is 1. The number of carbonyl (C=O) groups is 2. The highest BCUT2D eigenvalue weighted by atomic mass is 16.5. The van der Waals surface area contributed by atoms with Crippen LogP contribution in [-0.2, 0) is 16.6 Å². The number of ether oxygens (including phenoxy) is 1. The Kier molecular flexibility index (Phi) is 5.18. The van der Waals surface area contributed by atoms with Crippen molar-refractivity contribution in [3.8, 4) is 0 Å². The van der Waals surface area contributed by atoms with E-state index in [0.29, 0.717) is 5.65 Å². The standard InChI is InChI=1S/C23H22N4O3/c1-14(18-10-6-8-16-7-4-5-9-19(16)18)25-21(28)13-30-23(29)17-11-20-15(2)26-27(3)22(20)24-12-17/h4-12,14H,13H2,1-3H3,(H,25,28). The Bertz CT molecular complexity index is 1260. The molecule has 0 saturated carbocycles. The van der Waals surface area contributed by atoms with Crippen molar-refractivity contribution in [1.29, 1.82) is 0 Å². The molecule has 1 amide bonds. The van der Waals surface area contributed by atoms with Gasteiger partial charge in [-0.15, -0.1) is 0 Å². The topological polar surface area (TPSA) is 86.1 Å². The van der Waals surface area contributed by atoms with Gasteiger partial charge in [-0.2, -0.15) is 5.10 Å². The Morgan fingerprint density at radius 1 is 1.13 bits per heavy atom. The average Bonchev–Trinajstić information content (AvgIpc) is 3.04. The van der Waals surface area contributed by atoms with Gasteiger partial charge in [0.05, 0.1) is 17.3 Å². The summed E-state index contributed by atoms with van der Waals surface area (Å²) in [7, 11) is 1.79. The van der Waals surface area contributed by atoms with Gasteiger partial charge < -0.3 is 10.1 Å². The summed E-state index contributed by atoms with van der Waals surface area (Å²) in [6, 6.07) is 15.4. The van der Waals surface area contributed by atoms with Gasteiger partial charge in [-0.3, -0.25) is 9.48 Å². The van der Waals surface area contributed by atoms with Crippen molar-refractivity contribution < 1.29 is 14.3 Å². The molecule has 0 saturated heterocycles. The van der Waals surface area contributed by atoms with Crippen LogP contribution in [0.1, 0.15) is 34.6 Å². The number of fused-ring (bicyclic) bond motifs is 2. The summed E-state index contributed by atoms with van der Waals surface area (Å²) in [5.74, 6) is -0.962. The predicted molar refractivity (Wildman–Crippen MR) is 114 cm³/mol. The molecule has 7 heteroatoms. The van der Waals surface area contributed by atoms with Gasteiger partial charge in [0.15, 0.2) is 12.3 Å². The molecule has 0 aliphatic heterocycles. The van der Waals surface area contributed by atoms with Crippen molar-refractivity contribution in [2.24, 2.45) is 7.05 Å². The number of benzene rings is 2. The lowest BCUT2D eigenvalue weighted by Crippen LogP contribution is -2.31. The third kappa shape index (κ3) is 3.74. The van der Waals surface area contributed by atoms with Gasteiger partial charge in [0.2, 0.25) is 0 Å². The number of hydrogen-bond acceptors (Lipinski definition) is 5. The summed E-state index contributed by atoms with van der Waals surface area (Å²) in [5, 5.41) is 10.1. The number of aryl methyl sites for hydroxylation is 2. The molecule has 0 spiro atoms. The Morgan fingerprint density at radius 3 is 2.73 bits per heavy atom. The number of hydrogen-bond donors (Lipinski definition) is 1. The normalized spacial score (nSPS) is 12.1. The largest absolute Gasteiger partial charge is 0.452 e. The van der Waals surface area contributed by atoms with Crippen LogP contribution in [0.3, 0.4) is 0 Å². The van der Waals surface area contributed by atoms with E-state index in [1.54, 1.807) is 17.8 Å². The van der Waals surface area contributed by atoms with Gasteiger partial charge in [-0.05, 0) is 36.2 Å². The summed E-state index contributed by atoms with van der Waals surface area (Å²) in [6.45, 7) is 3.39. The lowest BCUT2D eigenvalue weighted by atomic mass is 10.00. The van der Waals surface area contributed by atoms with E-state index in [1.807, 2.05) is 56.3 Å². The van der Waals surface area contributed by atoms with Crippen molar-refractivity contribution >= 4 is 33.7 Å². The first-order valence-electron chi connectivity index (χ1n) is 9.67. The number of pyridine rings is 1. The minimum atomic E-state index is -0.597. The van der Waals surface area contributed by atoms with E-state index in [2.05, 4.69) is 15.4 Å². The maximum Gasteiger partial charge on any atom is 0.340 e. The second-order valence-corrected chi connectivity index (χ2v) is 7.24. The average molecular weight is 402 g/mol. The molecule has 1 N–H and O–H groups in total. The molecule has 30 heavy (non-hydrogen) atoms. The van der Waals surface area contributed by atoms with E-state index in [9.17, 15) is 9.59 Å². The van der Waals surface area contributed by atoms with Crippen LogP contribution in [0, 0.1) is 6.92 Å². The van der Waals surface area contributed by atoms with E-state index in [-0.39, 0.29) is 24.1 Å². The van der Waals surface area contributed by atoms with Crippen molar-refractivity contribution in [2.75, 3.05) is 6.61 Å². The van der Waals surface area contributed by atoms with E-state index >= 15 is 0 Å². The summed E-state index contributed by atoms with van der Waals surface area (Å²) in [6.07, 6.45) is 1.43. The summed E-state index contributed by atoms with van der Waals surface area (Å²) >= 11 is 0. The monoisotopic (exact) mass is 402 g/mol. The van der Waals surface area contributed by atoms with Crippen LogP contribution in [0.2, 0.25) is 0 Å². The molecule has 2 aromatic carbocycles. The number of nitrogens with one attached hydrogen (secondary N) is 1. The third-order valence-electron chi connectivity index (χ3n) is 5.10. The van der Waals surface area contributed by atoms with Gasteiger partial charge in [0.1, 0.15) is 0 Å². The molecule has 0 radical (unpaired) electrons. The summed E-state index contributed by atoms with van der Waals surface area (Å²) in [4.78, 5) is 29.0. The van der Waals surface area contributed by atoms with E-state index in [0.717, 1.165) is 27.4 Å². The molecule has 4 aromatic rings. The second kappa shape index (κ2) is 7.94. The van der Waals surface area contributed by atoms with Crippen LogP contribution in [0.25, 0.3) is 21.8 Å². The van der Waals surface area contributed by atoms with Crippen LogP contribution in [-0.4, -0.2) is 33.2 Å². The minimum absolute atomic E-state index is 0.224. The number of amides is 1. The molecule has 0 aliphatic rings. The first-order chi connectivity index (χ1) is 14.4. The molecule has 152 valence electrons. The number of carbonyl (C=O) groups excluding carboxylic acids is 2. The van der Waals surface area contributed by atoms with Crippen molar-refractivity contribution in [3.05, 3.63) is 71.5 Å². The van der Waals surface area contributed by atoms with Crippen molar-refractivity contribution in [2.45, 2.75) is 19.9 Å². The highest BCUT2D eigenvalue weighted by Gasteiger charge is 2.16. The number of rotatable bonds is 5. The fraction of sp³-hybridized carbons (Fsp3) is 0.217. The van der Waals surface area contributed by atoms with Crippen LogP contribution in [0.15, 0.2) is 54.7 Å². The van der Waals surface area contributed by atoms with Crippen LogP contribution in [0.4, 0.5) is 0 Å². The van der Waals surface area contributed by atoms with Crippen molar-refractivity contribution in [3.63, 3.8) is 0 Å². The van der Waals surface area contributed by atoms with Gasteiger partial charge in [0, 0.05) is 18.6 Å².